The van der Waals surface area contributed by atoms with E-state index in [0.29, 0.717) is 17.9 Å². The normalized spacial score (nSPS) is 10.7. The van der Waals surface area contributed by atoms with Gasteiger partial charge in [-0.2, -0.15) is 0 Å². The average molecular weight is 360 g/mol. The van der Waals surface area contributed by atoms with E-state index in [1.807, 2.05) is 48.9 Å². The highest BCUT2D eigenvalue weighted by molar-refractivity contribution is 6.46. The number of anilines is 1. The second kappa shape index (κ2) is 7.62. The third kappa shape index (κ3) is 4.17. The van der Waals surface area contributed by atoms with Gasteiger partial charge in [0.25, 0.3) is 11.7 Å². The lowest BCUT2D eigenvalue weighted by atomic mass is 10.1. The summed E-state index contributed by atoms with van der Waals surface area (Å²) in [4.78, 5) is 25.2. The van der Waals surface area contributed by atoms with Crippen LogP contribution in [-0.2, 0) is 11.3 Å². The number of ketones is 1. The molecule has 0 saturated carbocycles. The van der Waals surface area contributed by atoms with Gasteiger partial charge >= 0.3 is 0 Å². The van der Waals surface area contributed by atoms with Gasteiger partial charge in [-0.05, 0) is 73.7 Å². The Balaban J connectivity index is 1.79. The first-order chi connectivity index (χ1) is 12.8. The third-order valence-corrected chi connectivity index (χ3v) is 4.83. The van der Waals surface area contributed by atoms with Crippen molar-refractivity contribution in [2.75, 3.05) is 5.32 Å². The lowest BCUT2D eigenvalue weighted by Crippen LogP contribution is -2.25. The van der Waals surface area contributed by atoms with Gasteiger partial charge in [0.1, 0.15) is 0 Å². The van der Waals surface area contributed by atoms with E-state index in [1.54, 1.807) is 12.1 Å². The van der Waals surface area contributed by atoms with Crippen molar-refractivity contribution in [2.24, 2.45) is 0 Å². The van der Waals surface area contributed by atoms with Crippen LogP contribution in [0.5, 0.6) is 0 Å². The van der Waals surface area contributed by atoms with E-state index in [4.69, 9.17) is 0 Å². The fraction of sp³-hybridized carbons (Fsp3) is 0.217. The summed E-state index contributed by atoms with van der Waals surface area (Å²) in [5.41, 5.74) is 6.54. The quantitative estimate of drug-likeness (QED) is 0.534. The largest absolute Gasteiger partial charge is 0.340 e. The number of nitrogens with one attached hydrogen (secondary N) is 1. The highest BCUT2D eigenvalue weighted by atomic mass is 16.2. The molecule has 0 spiro atoms. The number of Topliss-reactive ketones (excluding diaryl/α,β-unsaturated/α-hetero) is 1. The number of hydrogen-bond acceptors (Lipinski definition) is 2. The van der Waals surface area contributed by atoms with Crippen molar-refractivity contribution in [2.45, 2.75) is 34.2 Å². The van der Waals surface area contributed by atoms with E-state index in [9.17, 15) is 9.59 Å². The highest BCUT2D eigenvalue weighted by Gasteiger charge is 2.20. The lowest BCUT2D eigenvalue weighted by Gasteiger charge is -2.12. The Labute approximate surface area is 159 Å². The van der Waals surface area contributed by atoms with Crippen LogP contribution in [0.25, 0.3) is 0 Å². The molecule has 3 rings (SSSR count). The zero-order chi connectivity index (χ0) is 19.6. The Morgan fingerprint density at radius 1 is 0.889 bits per heavy atom. The maximum atomic E-state index is 12.7. The summed E-state index contributed by atoms with van der Waals surface area (Å²) in [5.74, 6) is -1.16. The van der Waals surface area contributed by atoms with Crippen LogP contribution in [0.3, 0.4) is 0 Å². The van der Waals surface area contributed by atoms with E-state index in [1.165, 1.54) is 11.1 Å². The number of aromatic nitrogens is 1. The van der Waals surface area contributed by atoms with E-state index < -0.39 is 11.7 Å². The van der Waals surface area contributed by atoms with Crippen LogP contribution in [0.4, 0.5) is 5.69 Å². The number of benzene rings is 2. The van der Waals surface area contributed by atoms with E-state index >= 15 is 0 Å². The minimum absolute atomic E-state index is 0.385. The third-order valence-electron chi connectivity index (χ3n) is 4.83. The number of carbonyl (C=O) groups is 2. The number of aryl methyl sites for hydroxylation is 4. The number of carbonyl (C=O) groups excluding carboxylic acids is 2. The first-order valence-corrected chi connectivity index (χ1v) is 8.99. The Morgan fingerprint density at radius 3 is 2.37 bits per heavy atom. The van der Waals surface area contributed by atoms with Gasteiger partial charge in [-0.1, -0.05) is 30.3 Å². The zero-order valence-corrected chi connectivity index (χ0v) is 16.2. The monoisotopic (exact) mass is 360 g/mol. The van der Waals surface area contributed by atoms with Crippen LogP contribution in [-0.4, -0.2) is 16.3 Å². The van der Waals surface area contributed by atoms with Gasteiger partial charge in [0.15, 0.2) is 0 Å². The molecule has 0 bridgehead atoms. The summed E-state index contributed by atoms with van der Waals surface area (Å²) in [6.45, 7) is 8.54. The second-order valence-corrected chi connectivity index (χ2v) is 7.04. The summed E-state index contributed by atoms with van der Waals surface area (Å²) in [7, 11) is 0. The van der Waals surface area contributed by atoms with E-state index in [0.717, 1.165) is 16.7 Å². The molecule has 2 aromatic carbocycles. The van der Waals surface area contributed by atoms with Crippen LogP contribution in [0.1, 0.15) is 38.3 Å². The summed E-state index contributed by atoms with van der Waals surface area (Å²) < 4.78 is 1.81. The molecule has 1 heterocycles. The fourth-order valence-corrected chi connectivity index (χ4v) is 3.02. The standard InChI is InChI=1S/C23H24N2O2/c1-15-7-8-17(3)20(12-15)24-23(27)22(26)21-6-5-11-25(21)14-19-10-9-16(2)18(4)13-19/h5-13H,14H2,1-4H3,(H,24,27). The molecule has 27 heavy (non-hydrogen) atoms. The molecule has 4 nitrogen and oxygen atoms in total. The van der Waals surface area contributed by atoms with Gasteiger partial charge in [-0.3, -0.25) is 9.59 Å². The van der Waals surface area contributed by atoms with Gasteiger partial charge in [0.2, 0.25) is 0 Å². The molecular formula is C23H24N2O2. The first-order valence-electron chi connectivity index (χ1n) is 8.99. The van der Waals surface area contributed by atoms with Crippen molar-refractivity contribution in [1.29, 1.82) is 0 Å². The molecule has 0 aliphatic heterocycles. The van der Waals surface area contributed by atoms with Crippen LogP contribution >= 0.6 is 0 Å². The van der Waals surface area contributed by atoms with Crippen molar-refractivity contribution in [3.05, 3.63) is 88.2 Å². The van der Waals surface area contributed by atoms with Crippen molar-refractivity contribution in [1.82, 2.24) is 4.57 Å². The summed E-state index contributed by atoms with van der Waals surface area (Å²) in [6.07, 6.45) is 1.83. The van der Waals surface area contributed by atoms with Crippen LogP contribution < -0.4 is 5.32 Å². The van der Waals surface area contributed by atoms with Gasteiger partial charge < -0.3 is 9.88 Å². The minimum Gasteiger partial charge on any atom is -0.340 e. The van der Waals surface area contributed by atoms with Gasteiger partial charge in [0, 0.05) is 18.4 Å². The first kappa shape index (κ1) is 18.6. The molecule has 0 aliphatic rings. The minimum atomic E-state index is -0.622. The Bertz CT molecular complexity index is 1010. The molecule has 0 aliphatic carbocycles. The second-order valence-electron chi connectivity index (χ2n) is 7.04. The number of rotatable bonds is 5. The van der Waals surface area contributed by atoms with Crippen LogP contribution in [0.15, 0.2) is 54.7 Å². The molecule has 0 atom stereocenters. The van der Waals surface area contributed by atoms with Crippen molar-refractivity contribution < 1.29 is 9.59 Å². The molecule has 1 aromatic heterocycles. The SMILES string of the molecule is Cc1ccc(C)c(NC(=O)C(=O)c2cccn2Cc2ccc(C)c(C)c2)c1. The summed E-state index contributed by atoms with van der Waals surface area (Å²) >= 11 is 0. The smallest absolute Gasteiger partial charge is 0.298 e. The van der Waals surface area contributed by atoms with Gasteiger partial charge in [-0.15, -0.1) is 0 Å². The lowest BCUT2D eigenvalue weighted by molar-refractivity contribution is -0.112. The maximum Gasteiger partial charge on any atom is 0.298 e. The fourth-order valence-electron chi connectivity index (χ4n) is 3.02. The van der Waals surface area contributed by atoms with Crippen molar-refractivity contribution >= 4 is 17.4 Å². The molecule has 0 unspecified atom stereocenters. The number of nitrogens with zero attached hydrogens (tertiary/aromatic N) is 1. The molecule has 1 N–H and O–H groups in total. The summed E-state index contributed by atoms with van der Waals surface area (Å²) in [5, 5.41) is 2.74. The highest BCUT2D eigenvalue weighted by Crippen LogP contribution is 2.18. The van der Waals surface area contributed by atoms with Crippen LogP contribution in [0, 0.1) is 27.7 Å². The van der Waals surface area contributed by atoms with Gasteiger partial charge in [0.05, 0.1) is 5.69 Å². The maximum absolute atomic E-state index is 12.7. The molecule has 4 heteroatoms. The summed E-state index contributed by atoms with van der Waals surface area (Å²) in [6, 6.07) is 15.5. The topological polar surface area (TPSA) is 51.1 Å². The Morgan fingerprint density at radius 2 is 1.63 bits per heavy atom. The number of amides is 1. The molecule has 3 aromatic rings. The van der Waals surface area contributed by atoms with Crippen LogP contribution in [0.2, 0.25) is 0 Å². The molecule has 1 amide bonds. The van der Waals surface area contributed by atoms with E-state index in [-0.39, 0.29) is 0 Å². The van der Waals surface area contributed by atoms with Crippen molar-refractivity contribution in [3.63, 3.8) is 0 Å². The number of hydrogen-bond donors (Lipinski definition) is 1. The predicted molar refractivity (Wildman–Crippen MR) is 108 cm³/mol. The molecule has 0 saturated heterocycles. The van der Waals surface area contributed by atoms with Crippen molar-refractivity contribution in [3.8, 4) is 0 Å². The average Bonchev–Trinajstić information content (AvgIpc) is 3.08. The Hall–Kier alpha value is -3.14. The van der Waals surface area contributed by atoms with Gasteiger partial charge in [-0.25, -0.2) is 0 Å². The molecule has 138 valence electrons. The molecule has 0 fully saturated rings. The zero-order valence-electron chi connectivity index (χ0n) is 16.2. The Kier molecular flexibility index (Phi) is 5.26. The molecular weight excluding hydrogens is 336 g/mol. The predicted octanol–water partition coefficient (Wildman–Crippen LogP) is 4.59. The molecule has 0 radical (unpaired) electrons. The van der Waals surface area contributed by atoms with E-state index in [2.05, 4.69) is 31.3 Å².